The van der Waals surface area contributed by atoms with E-state index in [0.29, 0.717) is 23.5 Å². The number of methoxy groups -OCH3 is 1. The number of hydrogen-bond donors (Lipinski definition) is 2. The van der Waals surface area contributed by atoms with Crippen LogP contribution in [0.15, 0.2) is 11.4 Å². The van der Waals surface area contributed by atoms with Gasteiger partial charge < -0.3 is 15.2 Å². The van der Waals surface area contributed by atoms with Crippen LogP contribution in [0.3, 0.4) is 0 Å². The Bertz CT molecular complexity index is 504. The van der Waals surface area contributed by atoms with Gasteiger partial charge in [-0.25, -0.2) is 0 Å². The molecule has 1 aliphatic rings. The Morgan fingerprint density at radius 3 is 2.52 bits per heavy atom. The molecule has 1 amide bonds. The highest BCUT2D eigenvalue weighted by molar-refractivity contribution is 7.12. The topological polar surface area (TPSA) is 75.6 Å². The number of carbonyl (C=O) groups excluding carboxylic acids is 1. The van der Waals surface area contributed by atoms with Gasteiger partial charge in [0.25, 0.3) is 5.91 Å². The molecule has 1 aromatic rings. The van der Waals surface area contributed by atoms with Crippen molar-refractivity contribution in [1.82, 2.24) is 5.32 Å². The first-order valence-electron chi connectivity index (χ1n) is 7.21. The average Bonchev–Trinajstić information content (AvgIpc) is 2.83. The Hall–Kier alpha value is -1.56. The van der Waals surface area contributed by atoms with Crippen molar-refractivity contribution in [3.8, 4) is 5.75 Å². The second kappa shape index (κ2) is 6.93. The maximum atomic E-state index is 12.1. The smallest absolute Gasteiger partial charge is 0.311 e. The van der Waals surface area contributed by atoms with E-state index in [1.54, 1.807) is 18.6 Å². The molecule has 1 aliphatic carbocycles. The Labute approximate surface area is 128 Å². The summed E-state index contributed by atoms with van der Waals surface area (Å²) in [6.45, 7) is 0.196. The van der Waals surface area contributed by atoms with E-state index in [1.165, 1.54) is 11.3 Å². The molecule has 2 rings (SSSR count). The zero-order valence-electron chi connectivity index (χ0n) is 12.2. The van der Waals surface area contributed by atoms with Crippen molar-refractivity contribution in [1.29, 1.82) is 0 Å². The zero-order valence-corrected chi connectivity index (χ0v) is 13.0. The lowest BCUT2D eigenvalue weighted by molar-refractivity contribution is -0.149. The average molecular weight is 311 g/mol. The first-order valence-corrected chi connectivity index (χ1v) is 8.09. The Morgan fingerprint density at radius 2 is 2.00 bits per heavy atom. The van der Waals surface area contributed by atoms with Crippen LogP contribution in [-0.4, -0.2) is 30.6 Å². The summed E-state index contributed by atoms with van der Waals surface area (Å²) in [7, 11) is 1.55. The fourth-order valence-corrected chi connectivity index (χ4v) is 3.52. The zero-order chi connectivity index (χ0) is 15.3. The Morgan fingerprint density at radius 1 is 1.33 bits per heavy atom. The van der Waals surface area contributed by atoms with E-state index in [1.807, 2.05) is 0 Å². The number of amides is 1. The van der Waals surface area contributed by atoms with Crippen LogP contribution < -0.4 is 10.1 Å². The minimum Gasteiger partial charge on any atom is -0.496 e. The maximum Gasteiger partial charge on any atom is 0.311 e. The number of rotatable bonds is 5. The molecule has 0 atom stereocenters. The summed E-state index contributed by atoms with van der Waals surface area (Å²) in [5, 5.41) is 14.1. The van der Waals surface area contributed by atoms with Gasteiger partial charge in [-0.2, -0.15) is 0 Å². The van der Waals surface area contributed by atoms with Crippen LogP contribution in [0.4, 0.5) is 0 Å². The summed E-state index contributed by atoms with van der Waals surface area (Å²) in [6, 6.07) is 1.67. The van der Waals surface area contributed by atoms with Crippen molar-refractivity contribution in [3.05, 3.63) is 16.3 Å². The number of carbonyl (C=O) groups is 2. The molecule has 0 spiro atoms. The summed E-state index contributed by atoms with van der Waals surface area (Å²) in [4.78, 5) is 24.3. The molecule has 1 saturated carbocycles. The Balaban J connectivity index is 2.01. The lowest BCUT2D eigenvalue weighted by Gasteiger charge is -2.28. The molecule has 5 nitrogen and oxygen atoms in total. The van der Waals surface area contributed by atoms with Crippen molar-refractivity contribution >= 4 is 23.2 Å². The van der Waals surface area contributed by atoms with Crippen LogP contribution in [0, 0.1) is 5.41 Å². The van der Waals surface area contributed by atoms with Gasteiger partial charge >= 0.3 is 5.97 Å². The van der Waals surface area contributed by atoms with E-state index in [-0.39, 0.29) is 12.5 Å². The number of aliphatic carboxylic acids is 1. The standard InChI is InChI=1S/C15H21NO4S/c1-20-11-8-12(21-9-11)13(17)16-10-15(14(18)19)6-4-2-3-5-7-15/h8-9H,2-7,10H2,1H3,(H,16,17)(H,18,19). The monoisotopic (exact) mass is 311 g/mol. The van der Waals surface area contributed by atoms with Gasteiger partial charge in [-0.05, 0) is 12.8 Å². The molecule has 0 saturated heterocycles. The molecule has 1 fully saturated rings. The molecular formula is C15H21NO4S. The van der Waals surface area contributed by atoms with E-state index in [4.69, 9.17) is 4.74 Å². The lowest BCUT2D eigenvalue weighted by Crippen LogP contribution is -2.42. The maximum absolute atomic E-state index is 12.1. The highest BCUT2D eigenvalue weighted by Gasteiger charge is 2.39. The van der Waals surface area contributed by atoms with Crippen LogP contribution in [0.2, 0.25) is 0 Å². The van der Waals surface area contributed by atoms with E-state index in [2.05, 4.69) is 5.32 Å². The molecule has 0 unspecified atom stereocenters. The number of carboxylic acid groups (broad SMARTS) is 1. The first-order chi connectivity index (χ1) is 10.1. The van der Waals surface area contributed by atoms with Gasteiger partial charge in [-0.15, -0.1) is 11.3 Å². The number of carboxylic acids is 1. The molecular weight excluding hydrogens is 290 g/mol. The van der Waals surface area contributed by atoms with E-state index in [0.717, 1.165) is 25.7 Å². The Kier molecular flexibility index (Phi) is 5.22. The second-order valence-electron chi connectivity index (χ2n) is 5.53. The highest BCUT2D eigenvalue weighted by Crippen LogP contribution is 2.35. The van der Waals surface area contributed by atoms with E-state index < -0.39 is 11.4 Å². The molecule has 0 radical (unpaired) electrons. The normalized spacial score (nSPS) is 17.8. The molecule has 0 aromatic carbocycles. The van der Waals surface area contributed by atoms with Crippen molar-refractivity contribution in [3.63, 3.8) is 0 Å². The minimum atomic E-state index is -0.812. The molecule has 21 heavy (non-hydrogen) atoms. The third kappa shape index (κ3) is 3.75. The number of ether oxygens (including phenoxy) is 1. The number of hydrogen-bond acceptors (Lipinski definition) is 4. The van der Waals surface area contributed by atoms with Gasteiger partial charge in [0.15, 0.2) is 0 Å². The van der Waals surface area contributed by atoms with Crippen LogP contribution in [-0.2, 0) is 4.79 Å². The SMILES string of the molecule is COc1csc(C(=O)NCC2(C(=O)O)CCCCCC2)c1. The molecule has 2 N–H and O–H groups in total. The summed E-state index contributed by atoms with van der Waals surface area (Å²) in [5.41, 5.74) is -0.812. The van der Waals surface area contributed by atoms with Gasteiger partial charge in [-0.1, -0.05) is 25.7 Å². The molecule has 0 aliphatic heterocycles. The van der Waals surface area contributed by atoms with Crippen molar-refractivity contribution in [2.75, 3.05) is 13.7 Å². The van der Waals surface area contributed by atoms with Crippen molar-refractivity contribution in [2.24, 2.45) is 5.41 Å². The summed E-state index contributed by atoms with van der Waals surface area (Å²) in [5.74, 6) is -0.380. The molecule has 6 heteroatoms. The van der Waals surface area contributed by atoms with Gasteiger partial charge in [0.1, 0.15) is 5.75 Å². The van der Waals surface area contributed by atoms with Crippen molar-refractivity contribution in [2.45, 2.75) is 38.5 Å². The highest BCUT2D eigenvalue weighted by atomic mass is 32.1. The summed E-state index contributed by atoms with van der Waals surface area (Å²) >= 11 is 1.30. The van der Waals surface area contributed by atoms with Gasteiger partial charge in [0.2, 0.25) is 0 Å². The fourth-order valence-electron chi connectivity index (χ4n) is 2.75. The van der Waals surface area contributed by atoms with E-state index in [9.17, 15) is 14.7 Å². The minimum absolute atomic E-state index is 0.196. The van der Waals surface area contributed by atoms with Gasteiger partial charge in [-0.3, -0.25) is 9.59 Å². The number of nitrogens with one attached hydrogen (secondary N) is 1. The van der Waals surface area contributed by atoms with Crippen LogP contribution >= 0.6 is 11.3 Å². The van der Waals surface area contributed by atoms with Crippen LogP contribution in [0.1, 0.15) is 48.2 Å². The quantitative estimate of drug-likeness (QED) is 0.820. The first kappa shape index (κ1) is 15.8. The molecule has 116 valence electrons. The predicted octanol–water partition coefficient (Wildman–Crippen LogP) is 2.91. The number of thiophene rings is 1. The predicted molar refractivity (Wildman–Crippen MR) is 81.0 cm³/mol. The third-order valence-electron chi connectivity index (χ3n) is 4.14. The van der Waals surface area contributed by atoms with Crippen molar-refractivity contribution < 1.29 is 19.4 Å². The van der Waals surface area contributed by atoms with Gasteiger partial charge in [0, 0.05) is 18.0 Å². The van der Waals surface area contributed by atoms with Crippen LogP contribution in [0.25, 0.3) is 0 Å². The van der Waals surface area contributed by atoms with E-state index >= 15 is 0 Å². The summed E-state index contributed by atoms with van der Waals surface area (Å²) in [6.07, 6.45) is 5.24. The van der Waals surface area contributed by atoms with Gasteiger partial charge in [0.05, 0.1) is 17.4 Å². The molecule has 1 aromatic heterocycles. The molecule has 1 heterocycles. The van der Waals surface area contributed by atoms with Crippen LogP contribution in [0.5, 0.6) is 5.75 Å². The lowest BCUT2D eigenvalue weighted by atomic mass is 9.80. The third-order valence-corrected chi connectivity index (χ3v) is 5.04. The summed E-state index contributed by atoms with van der Waals surface area (Å²) < 4.78 is 5.05. The second-order valence-corrected chi connectivity index (χ2v) is 6.44. The fraction of sp³-hybridized carbons (Fsp3) is 0.600. The largest absolute Gasteiger partial charge is 0.496 e. The molecule has 0 bridgehead atoms.